The van der Waals surface area contributed by atoms with Crippen molar-refractivity contribution >= 4 is 0 Å². The van der Waals surface area contributed by atoms with E-state index in [1.807, 2.05) is 0 Å². The van der Waals surface area contributed by atoms with Crippen molar-refractivity contribution in [2.75, 3.05) is 6.54 Å². The number of nitrogens with two attached hydrogens (primary N) is 1. The lowest BCUT2D eigenvalue weighted by Gasteiger charge is -2.30. The molecule has 0 bridgehead atoms. The Labute approximate surface area is 98.3 Å². The summed E-state index contributed by atoms with van der Waals surface area (Å²) in [5, 5.41) is 10.2. The van der Waals surface area contributed by atoms with Gasteiger partial charge in [-0.15, -0.1) is 0 Å². The van der Waals surface area contributed by atoms with Crippen molar-refractivity contribution in [3.8, 4) is 0 Å². The minimum atomic E-state index is -4.40. The van der Waals surface area contributed by atoms with Crippen LogP contribution in [0.2, 0.25) is 0 Å². The molecule has 0 aliphatic rings. The number of halogens is 3. The van der Waals surface area contributed by atoms with E-state index < -0.39 is 17.3 Å². The Morgan fingerprint density at radius 1 is 1.29 bits per heavy atom. The van der Waals surface area contributed by atoms with Crippen molar-refractivity contribution in [3.63, 3.8) is 0 Å². The van der Waals surface area contributed by atoms with Crippen LogP contribution >= 0.6 is 0 Å². The second kappa shape index (κ2) is 4.66. The first-order valence-corrected chi connectivity index (χ1v) is 5.29. The van der Waals surface area contributed by atoms with Crippen molar-refractivity contribution in [2.45, 2.75) is 25.6 Å². The highest BCUT2D eigenvalue weighted by atomic mass is 19.4. The number of alkyl halides is 3. The molecule has 0 heterocycles. The van der Waals surface area contributed by atoms with Crippen molar-refractivity contribution in [3.05, 3.63) is 35.4 Å². The van der Waals surface area contributed by atoms with E-state index in [0.717, 1.165) is 12.1 Å². The van der Waals surface area contributed by atoms with Gasteiger partial charge in [0.15, 0.2) is 0 Å². The van der Waals surface area contributed by atoms with Gasteiger partial charge in [-0.2, -0.15) is 13.2 Å². The summed E-state index contributed by atoms with van der Waals surface area (Å²) in [6, 6.07) is 4.70. The molecular weight excluding hydrogens is 231 g/mol. The molecule has 2 unspecified atom stereocenters. The van der Waals surface area contributed by atoms with Gasteiger partial charge in [-0.05, 0) is 31.2 Å². The van der Waals surface area contributed by atoms with Crippen LogP contribution in [0, 0.1) is 5.92 Å². The normalized spacial score (nSPS) is 17.6. The maximum Gasteiger partial charge on any atom is 0.416 e. The molecule has 5 heteroatoms. The van der Waals surface area contributed by atoms with Crippen molar-refractivity contribution in [1.29, 1.82) is 0 Å². The van der Waals surface area contributed by atoms with Crippen LogP contribution in [0.3, 0.4) is 0 Å². The van der Waals surface area contributed by atoms with Gasteiger partial charge in [0.2, 0.25) is 0 Å². The van der Waals surface area contributed by atoms with E-state index in [9.17, 15) is 18.3 Å². The maximum atomic E-state index is 12.5. The molecule has 0 aliphatic heterocycles. The standard InChI is InChI=1S/C12H16F3NO/c1-8(7-16)11(2,17)9-4-3-5-10(6-9)12(13,14)15/h3-6,8,17H,7,16H2,1-2H3. The number of benzene rings is 1. The van der Waals surface area contributed by atoms with E-state index in [1.54, 1.807) is 6.92 Å². The topological polar surface area (TPSA) is 46.2 Å². The van der Waals surface area contributed by atoms with Crippen LogP contribution < -0.4 is 5.73 Å². The quantitative estimate of drug-likeness (QED) is 0.862. The zero-order chi connectivity index (χ0) is 13.3. The van der Waals surface area contributed by atoms with Crippen molar-refractivity contribution in [1.82, 2.24) is 0 Å². The van der Waals surface area contributed by atoms with Gasteiger partial charge in [0.05, 0.1) is 11.2 Å². The van der Waals surface area contributed by atoms with Crippen LogP contribution in [0.4, 0.5) is 13.2 Å². The van der Waals surface area contributed by atoms with Crippen LogP contribution in [-0.2, 0) is 11.8 Å². The van der Waals surface area contributed by atoms with Crippen LogP contribution in [0.5, 0.6) is 0 Å². The lowest BCUT2D eigenvalue weighted by molar-refractivity contribution is -0.137. The van der Waals surface area contributed by atoms with E-state index >= 15 is 0 Å². The van der Waals surface area contributed by atoms with Crippen LogP contribution in [-0.4, -0.2) is 11.7 Å². The van der Waals surface area contributed by atoms with Gasteiger partial charge < -0.3 is 10.8 Å². The Morgan fingerprint density at radius 3 is 2.29 bits per heavy atom. The first-order valence-electron chi connectivity index (χ1n) is 5.29. The van der Waals surface area contributed by atoms with Crippen LogP contribution in [0.15, 0.2) is 24.3 Å². The van der Waals surface area contributed by atoms with Gasteiger partial charge >= 0.3 is 6.18 Å². The molecule has 96 valence electrons. The third-order valence-corrected chi connectivity index (χ3v) is 3.09. The molecule has 17 heavy (non-hydrogen) atoms. The molecule has 2 atom stereocenters. The monoisotopic (exact) mass is 247 g/mol. The Kier molecular flexibility index (Phi) is 3.84. The zero-order valence-electron chi connectivity index (χ0n) is 9.75. The second-order valence-electron chi connectivity index (χ2n) is 4.36. The molecule has 0 saturated carbocycles. The fourth-order valence-corrected chi connectivity index (χ4v) is 1.52. The molecule has 1 rings (SSSR count). The molecule has 1 aromatic rings. The van der Waals surface area contributed by atoms with E-state index in [2.05, 4.69) is 0 Å². The summed E-state index contributed by atoms with van der Waals surface area (Å²) in [6.07, 6.45) is -4.40. The third-order valence-electron chi connectivity index (χ3n) is 3.09. The van der Waals surface area contributed by atoms with Gasteiger partial charge in [0.1, 0.15) is 0 Å². The van der Waals surface area contributed by atoms with E-state index in [4.69, 9.17) is 5.73 Å². The predicted octanol–water partition coefficient (Wildman–Crippen LogP) is 2.51. The predicted molar refractivity (Wildman–Crippen MR) is 59.2 cm³/mol. The van der Waals surface area contributed by atoms with Crippen molar-refractivity contribution < 1.29 is 18.3 Å². The molecule has 1 aromatic carbocycles. The maximum absolute atomic E-state index is 12.5. The number of aliphatic hydroxyl groups is 1. The lowest BCUT2D eigenvalue weighted by Crippen LogP contribution is -2.35. The second-order valence-corrected chi connectivity index (χ2v) is 4.36. The smallest absolute Gasteiger partial charge is 0.385 e. The fourth-order valence-electron chi connectivity index (χ4n) is 1.52. The molecule has 2 nitrogen and oxygen atoms in total. The SMILES string of the molecule is CC(CN)C(C)(O)c1cccc(C(F)(F)F)c1. The minimum absolute atomic E-state index is 0.198. The molecule has 3 N–H and O–H groups in total. The Morgan fingerprint density at radius 2 is 1.82 bits per heavy atom. The highest BCUT2D eigenvalue weighted by molar-refractivity contribution is 5.30. The van der Waals surface area contributed by atoms with Crippen LogP contribution in [0.1, 0.15) is 25.0 Å². The van der Waals surface area contributed by atoms with Gasteiger partial charge in [-0.3, -0.25) is 0 Å². The van der Waals surface area contributed by atoms with E-state index in [-0.39, 0.29) is 18.0 Å². The van der Waals surface area contributed by atoms with Gasteiger partial charge in [-0.25, -0.2) is 0 Å². The van der Waals surface area contributed by atoms with Crippen molar-refractivity contribution in [2.24, 2.45) is 11.7 Å². The molecule has 0 fully saturated rings. The lowest BCUT2D eigenvalue weighted by atomic mass is 9.83. The molecule has 0 aromatic heterocycles. The van der Waals surface area contributed by atoms with Gasteiger partial charge in [0.25, 0.3) is 0 Å². The number of hydrogen-bond acceptors (Lipinski definition) is 2. The molecule has 0 radical (unpaired) electrons. The Hall–Kier alpha value is -1.07. The summed E-state index contributed by atoms with van der Waals surface area (Å²) in [7, 11) is 0. The summed E-state index contributed by atoms with van der Waals surface area (Å²) in [5.74, 6) is -0.328. The number of hydrogen-bond donors (Lipinski definition) is 2. The van der Waals surface area contributed by atoms with Gasteiger partial charge in [0, 0.05) is 5.92 Å². The first kappa shape index (κ1) is 14.0. The summed E-state index contributed by atoms with van der Waals surface area (Å²) < 4.78 is 37.6. The molecule has 0 amide bonds. The average molecular weight is 247 g/mol. The summed E-state index contributed by atoms with van der Waals surface area (Å²) in [6.45, 7) is 3.36. The molecule has 0 aliphatic carbocycles. The third kappa shape index (κ3) is 2.98. The average Bonchev–Trinajstić information content (AvgIpc) is 2.27. The summed E-state index contributed by atoms with van der Waals surface area (Å²) in [4.78, 5) is 0. The summed E-state index contributed by atoms with van der Waals surface area (Å²) in [5.41, 5.74) is 3.53. The molecular formula is C12H16F3NO. The van der Waals surface area contributed by atoms with E-state index in [1.165, 1.54) is 19.1 Å². The fraction of sp³-hybridized carbons (Fsp3) is 0.500. The highest BCUT2D eigenvalue weighted by Gasteiger charge is 2.34. The van der Waals surface area contributed by atoms with E-state index in [0.29, 0.717) is 0 Å². The van der Waals surface area contributed by atoms with Crippen LogP contribution in [0.25, 0.3) is 0 Å². The Bertz CT molecular complexity index is 388. The Balaban J connectivity index is 3.16. The molecule has 0 spiro atoms. The molecule has 0 saturated heterocycles. The largest absolute Gasteiger partial charge is 0.416 e. The minimum Gasteiger partial charge on any atom is -0.385 e. The summed E-state index contributed by atoms with van der Waals surface area (Å²) >= 11 is 0. The highest BCUT2D eigenvalue weighted by Crippen LogP contribution is 2.34. The van der Waals surface area contributed by atoms with Gasteiger partial charge in [-0.1, -0.05) is 19.1 Å². The number of rotatable bonds is 3. The zero-order valence-corrected chi connectivity index (χ0v) is 9.75. The first-order chi connectivity index (χ1) is 7.69.